The van der Waals surface area contributed by atoms with E-state index in [1.54, 1.807) is 12.1 Å². The highest BCUT2D eigenvalue weighted by Crippen LogP contribution is 2.17. The lowest BCUT2D eigenvalue weighted by atomic mass is 10.3. The van der Waals surface area contributed by atoms with E-state index in [1.165, 1.54) is 23.9 Å². The maximum Gasteiger partial charge on any atom is 0.265 e. The first-order chi connectivity index (χ1) is 7.59. The minimum atomic E-state index is -0.369. The molecule has 2 aromatic rings. The number of nitrogens with zero attached hydrogens (tertiary/aromatic N) is 2. The van der Waals surface area contributed by atoms with Crippen LogP contribution in [0.25, 0.3) is 5.82 Å². The first-order valence-corrected chi connectivity index (χ1v) is 4.91. The van der Waals surface area contributed by atoms with Crippen molar-refractivity contribution < 1.29 is 4.79 Å². The minimum Gasteiger partial charge on any atom is -0.293 e. The fourth-order valence-electron chi connectivity index (χ4n) is 1.36. The van der Waals surface area contributed by atoms with Crippen LogP contribution in [0.5, 0.6) is 0 Å². The number of aromatic amines is 1. The molecule has 2 rings (SSSR count). The molecule has 6 heteroatoms. The number of H-pyrrole nitrogens is 1. The van der Waals surface area contributed by atoms with Gasteiger partial charge in [-0.05, 0) is 12.1 Å². The van der Waals surface area contributed by atoms with Crippen LogP contribution in [-0.4, -0.2) is 20.5 Å². The van der Waals surface area contributed by atoms with Crippen LogP contribution in [0.1, 0.15) is 17.4 Å². The van der Waals surface area contributed by atoms with E-state index < -0.39 is 0 Å². The molecule has 0 bridgehead atoms. The Bertz CT molecular complexity index is 600. The highest BCUT2D eigenvalue weighted by Gasteiger charge is 2.13. The second-order valence-electron chi connectivity index (χ2n) is 3.21. The van der Waals surface area contributed by atoms with E-state index in [1.807, 2.05) is 0 Å². The SMILES string of the molecule is CC(=O)c1cc(=O)[nH]n1-c1ncccc1Cl. The highest BCUT2D eigenvalue weighted by molar-refractivity contribution is 6.32. The lowest BCUT2D eigenvalue weighted by Crippen LogP contribution is -2.09. The summed E-state index contributed by atoms with van der Waals surface area (Å²) >= 11 is 5.93. The number of nitrogens with one attached hydrogen (secondary N) is 1. The number of aromatic nitrogens is 3. The summed E-state index contributed by atoms with van der Waals surface area (Å²) < 4.78 is 1.28. The molecule has 0 aliphatic rings. The lowest BCUT2D eigenvalue weighted by Gasteiger charge is -2.06. The Morgan fingerprint density at radius 1 is 1.56 bits per heavy atom. The van der Waals surface area contributed by atoms with E-state index in [0.29, 0.717) is 10.8 Å². The van der Waals surface area contributed by atoms with E-state index in [9.17, 15) is 9.59 Å². The van der Waals surface area contributed by atoms with Gasteiger partial charge in [-0.2, -0.15) is 0 Å². The molecule has 16 heavy (non-hydrogen) atoms. The van der Waals surface area contributed by atoms with Crippen molar-refractivity contribution in [3.63, 3.8) is 0 Å². The van der Waals surface area contributed by atoms with Gasteiger partial charge in [0.15, 0.2) is 11.6 Å². The minimum absolute atomic E-state index is 0.227. The van der Waals surface area contributed by atoms with Gasteiger partial charge in [-0.3, -0.25) is 14.7 Å². The zero-order valence-corrected chi connectivity index (χ0v) is 9.15. The van der Waals surface area contributed by atoms with Gasteiger partial charge in [0.25, 0.3) is 5.56 Å². The van der Waals surface area contributed by atoms with Gasteiger partial charge in [-0.15, -0.1) is 0 Å². The molecule has 0 radical (unpaired) electrons. The van der Waals surface area contributed by atoms with E-state index in [0.717, 1.165) is 0 Å². The molecule has 0 unspecified atom stereocenters. The van der Waals surface area contributed by atoms with Crippen molar-refractivity contribution in [2.45, 2.75) is 6.92 Å². The topological polar surface area (TPSA) is 67.8 Å². The maximum atomic E-state index is 11.3. The molecule has 82 valence electrons. The molecule has 0 amide bonds. The second-order valence-corrected chi connectivity index (χ2v) is 3.61. The first-order valence-electron chi connectivity index (χ1n) is 4.53. The number of ketones is 1. The molecule has 5 nitrogen and oxygen atoms in total. The third-order valence-corrected chi connectivity index (χ3v) is 2.34. The molecule has 2 aromatic heterocycles. The smallest absolute Gasteiger partial charge is 0.265 e. The van der Waals surface area contributed by atoms with Gasteiger partial charge < -0.3 is 0 Å². The van der Waals surface area contributed by atoms with Crippen molar-refractivity contribution in [3.05, 3.63) is 45.5 Å². The van der Waals surface area contributed by atoms with Crippen molar-refractivity contribution in [1.82, 2.24) is 14.8 Å². The fraction of sp³-hybridized carbons (Fsp3) is 0.100. The van der Waals surface area contributed by atoms with Crippen LogP contribution in [0.15, 0.2) is 29.2 Å². The van der Waals surface area contributed by atoms with Gasteiger partial charge in [0, 0.05) is 19.2 Å². The second kappa shape index (κ2) is 3.94. The molecule has 0 aromatic carbocycles. The van der Waals surface area contributed by atoms with Crippen LogP contribution in [0.2, 0.25) is 5.02 Å². The molecule has 0 aliphatic carbocycles. The number of rotatable bonds is 2. The summed E-state index contributed by atoms with van der Waals surface area (Å²) in [7, 11) is 0. The zero-order chi connectivity index (χ0) is 11.7. The number of carbonyl (C=O) groups excluding carboxylic acids is 1. The van der Waals surface area contributed by atoms with Crippen molar-refractivity contribution in [2.24, 2.45) is 0 Å². The van der Waals surface area contributed by atoms with Gasteiger partial charge in [-0.25, -0.2) is 9.67 Å². The average Bonchev–Trinajstić information content (AvgIpc) is 2.61. The summed E-state index contributed by atoms with van der Waals surface area (Å²) in [5, 5.41) is 2.83. The van der Waals surface area contributed by atoms with Crippen LogP contribution >= 0.6 is 11.6 Å². The predicted molar refractivity (Wildman–Crippen MR) is 59.2 cm³/mol. The Morgan fingerprint density at radius 2 is 2.31 bits per heavy atom. The summed E-state index contributed by atoms with van der Waals surface area (Å²) in [6, 6.07) is 4.51. The number of halogens is 1. The number of Topliss-reactive ketones (excluding diaryl/α,β-unsaturated/α-hetero) is 1. The van der Waals surface area contributed by atoms with Crippen molar-refractivity contribution in [2.75, 3.05) is 0 Å². The van der Waals surface area contributed by atoms with E-state index in [4.69, 9.17) is 11.6 Å². The van der Waals surface area contributed by atoms with E-state index >= 15 is 0 Å². The van der Waals surface area contributed by atoms with Gasteiger partial charge in [-0.1, -0.05) is 11.6 Å². The lowest BCUT2D eigenvalue weighted by molar-refractivity contribution is 0.101. The van der Waals surface area contributed by atoms with E-state index in [-0.39, 0.29) is 17.0 Å². The molecular weight excluding hydrogens is 230 g/mol. The van der Waals surface area contributed by atoms with Crippen molar-refractivity contribution >= 4 is 17.4 Å². The van der Waals surface area contributed by atoms with Crippen LogP contribution < -0.4 is 5.56 Å². The quantitative estimate of drug-likeness (QED) is 0.803. The maximum absolute atomic E-state index is 11.3. The number of pyridine rings is 1. The van der Waals surface area contributed by atoms with Crippen molar-refractivity contribution in [3.8, 4) is 5.82 Å². The molecule has 0 fully saturated rings. The van der Waals surface area contributed by atoms with Crippen LogP contribution in [0.3, 0.4) is 0 Å². The molecular formula is C10H8ClN3O2. The number of hydrogen-bond donors (Lipinski definition) is 1. The Hall–Kier alpha value is -1.88. The Kier molecular flexibility index (Phi) is 2.62. The molecule has 0 saturated carbocycles. The number of carbonyl (C=O) groups is 1. The molecule has 0 saturated heterocycles. The molecule has 1 N–H and O–H groups in total. The Morgan fingerprint density at radius 3 is 2.94 bits per heavy atom. The predicted octanol–water partition coefficient (Wildman–Crippen LogP) is 1.42. The summed E-state index contributed by atoms with van der Waals surface area (Å²) in [5.74, 6) is 0.0940. The largest absolute Gasteiger partial charge is 0.293 e. The zero-order valence-electron chi connectivity index (χ0n) is 8.40. The van der Waals surface area contributed by atoms with Crippen LogP contribution in [0.4, 0.5) is 0 Å². The summed E-state index contributed by atoms with van der Waals surface area (Å²) in [5.41, 5.74) is -0.141. The molecule has 2 heterocycles. The van der Waals surface area contributed by atoms with Gasteiger partial charge in [0.2, 0.25) is 0 Å². The highest BCUT2D eigenvalue weighted by atomic mass is 35.5. The average molecular weight is 238 g/mol. The monoisotopic (exact) mass is 237 g/mol. The van der Waals surface area contributed by atoms with Crippen LogP contribution in [0, 0.1) is 0 Å². The van der Waals surface area contributed by atoms with E-state index in [2.05, 4.69) is 10.1 Å². The number of hydrogen-bond acceptors (Lipinski definition) is 3. The summed E-state index contributed by atoms with van der Waals surface area (Å²) in [4.78, 5) is 26.5. The Balaban J connectivity index is 2.69. The van der Waals surface area contributed by atoms with Crippen molar-refractivity contribution in [1.29, 1.82) is 0 Å². The Labute approximate surface area is 95.7 Å². The third kappa shape index (κ3) is 1.77. The summed E-state index contributed by atoms with van der Waals surface area (Å²) in [6.07, 6.45) is 1.53. The normalized spacial score (nSPS) is 10.4. The molecule has 0 aliphatic heterocycles. The first kappa shape index (κ1) is 10.6. The van der Waals surface area contributed by atoms with Crippen LogP contribution in [-0.2, 0) is 0 Å². The van der Waals surface area contributed by atoms with Gasteiger partial charge in [0.05, 0.1) is 5.02 Å². The summed E-state index contributed by atoms with van der Waals surface area (Å²) in [6.45, 7) is 1.37. The van der Waals surface area contributed by atoms with Gasteiger partial charge in [0.1, 0.15) is 5.69 Å². The third-order valence-electron chi connectivity index (χ3n) is 2.04. The molecule has 0 spiro atoms. The van der Waals surface area contributed by atoms with Gasteiger partial charge >= 0.3 is 0 Å². The standard InChI is InChI=1S/C10H8ClN3O2/c1-6(15)8-5-9(16)13-14(8)10-7(11)3-2-4-12-10/h2-5H,1H3,(H,13,16). The molecule has 0 atom stereocenters. The fourth-order valence-corrected chi connectivity index (χ4v) is 1.57.